The van der Waals surface area contributed by atoms with Gasteiger partial charge >= 0.3 is 0 Å². The van der Waals surface area contributed by atoms with E-state index in [1.165, 1.54) is 6.07 Å². The Bertz CT molecular complexity index is 295. The third-order valence-electron chi connectivity index (χ3n) is 1.72. The van der Waals surface area contributed by atoms with Crippen molar-refractivity contribution in [3.8, 4) is 11.5 Å². The first-order chi connectivity index (χ1) is 5.52. The number of phenolic OH excluding ortho intramolecular Hbond substituents is 2. The number of rotatable bonds is 1. The molecule has 2 nitrogen and oxygen atoms in total. The number of hydrogen-bond acceptors (Lipinski definition) is 2. The maximum absolute atomic E-state index is 9.37. The van der Waals surface area contributed by atoms with Crippen LogP contribution in [-0.4, -0.2) is 10.2 Å². The van der Waals surface area contributed by atoms with Crippen LogP contribution in [0, 0.1) is 0 Å². The molecule has 2 N–H and O–H groups in total. The first-order valence-corrected chi connectivity index (χ1v) is 4.11. The fourth-order valence-corrected chi connectivity index (χ4v) is 1.20. The van der Waals surface area contributed by atoms with E-state index >= 15 is 0 Å². The van der Waals surface area contributed by atoms with Crippen LogP contribution < -0.4 is 0 Å². The predicted molar refractivity (Wildman–Crippen MR) is 48.9 cm³/mol. The zero-order chi connectivity index (χ0) is 9.30. The quantitative estimate of drug-likeness (QED) is 0.708. The van der Waals surface area contributed by atoms with Gasteiger partial charge in [-0.1, -0.05) is 25.4 Å². The monoisotopic (exact) mass is 186 g/mol. The molecule has 0 aliphatic rings. The molecule has 0 aliphatic heterocycles. The Labute approximate surface area is 76.4 Å². The maximum Gasteiger partial charge on any atom is 0.137 e. The van der Waals surface area contributed by atoms with Crippen LogP contribution in [0.2, 0.25) is 5.02 Å². The number of benzene rings is 1. The third kappa shape index (κ3) is 1.64. The summed E-state index contributed by atoms with van der Waals surface area (Å²) in [6, 6.07) is 2.84. The van der Waals surface area contributed by atoms with Crippen LogP contribution in [0.25, 0.3) is 0 Å². The summed E-state index contributed by atoms with van der Waals surface area (Å²) in [5.41, 5.74) is 0.748. The highest BCUT2D eigenvalue weighted by atomic mass is 35.5. The molecule has 0 aliphatic carbocycles. The van der Waals surface area contributed by atoms with E-state index in [1.54, 1.807) is 6.07 Å². The van der Waals surface area contributed by atoms with E-state index in [2.05, 4.69) is 0 Å². The minimum absolute atomic E-state index is 0.0847. The first-order valence-electron chi connectivity index (χ1n) is 3.73. The van der Waals surface area contributed by atoms with Gasteiger partial charge in [0.15, 0.2) is 0 Å². The Balaban J connectivity index is 3.23. The Morgan fingerprint density at radius 3 is 2.25 bits per heavy atom. The number of halogens is 1. The topological polar surface area (TPSA) is 40.5 Å². The van der Waals surface area contributed by atoms with Gasteiger partial charge in [-0.3, -0.25) is 0 Å². The highest BCUT2D eigenvalue weighted by Crippen LogP contribution is 2.34. The van der Waals surface area contributed by atoms with Crippen LogP contribution in [-0.2, 0) is 0 Å². The molecular weight excluding hydrogens is 176 g/mol. The van der Waals surface area contributed by atoms with Gasteiger partial charge in [-0.2, -0.15) is 0 Å². The van der Waals surface area contributed by atoms with Crippen LogP contribution in [0.1, 0.15) is 25.3 Å². The zero-order valence-electron chi connectivity index (χ0n) is 7.00. The highest BCUT2D eigenvalue weighted by Gasteiger charge is 2.09. The molecule has 0 aromatic heterocycles. The molecule has 0 radical (unpaired) electrons. The second kappa shape index (κ2) is 3.23. The fourth-order valence-electron chi connectivity index (χ4n) is 1.03. The van der Waals surface area contributed by atoms with Crippen molar-refractivity contribution in [2.75, 3.05) is 0 Å². The largest absolute Gasteiger partial charge is 0.508 e. The first kappa shape index (κ1) is 9.20. The van der Waals surface area contributed by atoms with Crippen molar-refractivity contribution in [2.24, 2.45) is 0 Å². The van der Waals surface area contributed by atoms with Gasteiger partial charge in [-0.25, -0.2) is 0 Å². The van der Waals surface area contributed by atoms with E-state index in [9.17, 15) is 5.11 Å². The van der Waals surface area contributed by atoms with Gasteiger partial charge in [0.2, 0.25) is 0 Å². The molecule has 0 saturated carbocycles. The molecule has 0 spiro atoms. The van der Waals surface area contributed by atoms with Crippen molar-refractivity contribution in [2.45, 2.75) is 19.8 Å². The summed E-state index contributed by atoms with van der Waals surface area (Å²) in [6.45, 7) is 3.89. The van der Waals surface area contributed by atoms with Gasteiger partial charge in [-0.15, -0.1) is 0 Å². The Hall–Kier alpha value is -0.890. The van der Waals surface area contributed by atoms with Gasteiger partial charge in [0.25, 0.3) is 0 Å². The smallest absolute Gasteiger partial charge is 0.137 e. The number of hydrogen-bond donors (Lipinski definition) is 2. The molecule has 66 valence electrons. The second-order valence-electron chi connectivity index (χ2n) is 3.02. The van der Waals surface area contributed by atoms with Crippen molar-refractivity contribution in [3.05, 3.63) is 22.7 Å². The molecular formula is C9H11ClO2. The molecule has 0 saturated heterocycles. The van der Waals surface area contributed by atoms with Crippen LogP contribution in [0.5, 0.6) is 11.5 Å². The standard InChI is InChI=1S/C9H11ClO2/c1-5(2)6-3-7(10)9(12)4-8(6)11/h3-5,11-12H,1-2H3. The summed E-state index contributed by atoms with van der Waals surface area (Å²) in [5, 5.41) is 18.8. The van der Waals surface area contributed by atoms with Crippen LogP contribution in [0.4, 0.5) is 0 Å². The molecule has 12 heavy (non-hydrogen) atoms. The van der Waals surface area contributed by atoms with Gasteiger partial charge in [0.05, 0.1) is 5.02 Å². The summed E-state index contributed by atoms with van der Waals surface area (Å²) in [5.74, 6) is 0.202. The summed E-state index contributed by atoms with van der Waals surface area (Å²) >= 11 is 5.67. The molecule has 0 bridgehead atoms. The Morgan fingerprint density at radius 2 is 1.75 bits per heavy atom. The average molecular weight is 187 g/mol. The highest BCUT2D eigenvalue weighted by molar-refractivity contribution is 6.32. The summed E-state index contributed by atoms with van der Waals surface area (Å²) < 4.78 is 0. The van der Waals surface area contributed by atoms with Crippen molar-refractivity contribution < 1.29 is 10.2 Å². The Morgan fingerprint density at radius 1 is 1.17 bits per heavy atom. The summed E-state index contributed by atoms with van der Waals surface area (Å²) in [4.78, 5) is 0. The SMILES string of the molecule is CC(C)c1cc(Cl)c(O)cc1O. The van der Waals surface area contributed by atoms with Crippen molar-refractivity contribution in [1.82, 2.24) is 0 Å². The summed E-state index contributed by atoms with van der Waals surface area (Å²) in [7, 11) is 0. The molecule has 1 aromatic carbocycles. The minimum atomic E-state index is -0.0847. The molecule has 0 fully saturated rings. The lowest BCUT2D eigenvalue weighted by Crippen LogP contribution is -1.87. The molecule has 0 heterocycles. The van der Waals surface area contributed by atoms with Crippen molar-refractivity contribution >= 4 is 11.6 Å². The second-order valence-corrected chi connectivity index (χ2v) is 3.42. The molecule has 0 amide bonds. The van der Waals surface area contributed by atoms with E-state index in [0.29, 0.717) is 0 Å². The average Bonchev–Trinajstić information content (AvgIpc) is 1.96. The number of phenols is 2. The van der Waals surface area contributed by atoms with E-state index in [0.717, 1.165) is 5.56 Å². The molecule has 1 rings (SSSR count). The lowest BCUT2D eigenvalue weighted by atomic mass is 10.0. The normalized spacial score (nSPS) is 10.7. The molecule has 3 heteroatoms. The van der Waals surface area contributed by atoms with Gasteiger partial charge in [0.1, 0.15) is 11.5 Å². The van der Waals surface area contributed by atoms with Gasteiger partial charge in [-0.05, 0) is 17.5 Å². The predicted octanol–water partition coefficient (Wildman–Crippen LogP) is 2.87. The van der Waals surface area contributed by atoms with E-state index in [1.807, 2.05) is 13.8 Å². The Kier molecular flexibility index (Phi) is 2.48. The minimum Gasteiger partial charge on any atom is -0.508 e. The maximum atomic E-state index is 9.37. The van der Waals surface area contributed by atoms with Crippen molar-refractivity contribution in [1.29, 1.82) is 0 Å². The molecule has 1 aromatic rings. The van der Waals surface area contributed by atoms with Crippen LogP contribution >= 0.6 is 11.6 Å². The zero-order valence-corrected chi connectivity index (χ0v) is 7.76. The fraction of sp³-hybridized carbons (Fsp3) is 0.333. The van der Waals surface area contributed by atoms with Gasteiger partial charge < -0.3 is 10.2 Å². The van der Waals surface area contributed by atoms with E-state index in [4.69, 9.17) is 16.7 Å². The lowest BCUT2D eigenvalue weighted by molar-refractivity contribution is 0.444. The van der Waals surface area contributed by atoms with E-state index in [-0.39, 0.29) is 22.4 Å². The summed E-state index contributed by atoms with van der Waals surface area (Å²) in [6.07, 6.45) is 0. The van der Waals surface area contributed by atoms with Crippen LogP contribution in [0.3, 0.4) is 0 Å². The van der Waals surface area contributed by atoms with E-state index < -0.39 is 0 Å². The van der Waals surface area contributed by atoms with Crippen molar-refractivity contribution in [3.63, 3.8) is 0 Å². The lowest BCUT2D eigenvalue weighted by Gasteiger charge is -2.09. The third-order valence-corrected chi connectivity index (χ3v) is 2.02. The molecule has 0 atom stereocenters. The van der Waals surface area contributed by atoms with Gasteiger partial charge in [0, 0.05) is 6.07 Å². The number of aromatic hydroxyl groups is 2. The van der Waals surface area contributed by atoms with Crippen LogP contribution in [0.15, 0.2) is 12.1 Å². The molecule has 0 unspecified atom stereocenters.